The van der Waals surface area contributed by atoms with Gasteiger partial charge in [0.15, 0.2) is 11.5 Å². The molecule has 1 amide bonds. The number of carbonyl (C=O) groups excluding carboxylic acids is 1. The van der Waals surface area contributed by atoms with E-state index >= 15 is 0 Å². The highest BCUT2D eigenvalue weighted by molar-refractivity contribution is 6.34. The SMILES string of the molecule is Cc1noc2nc(-c3ccc(F)cc3)cc(C(=O)Nc3cc4c(cc3Cl)OCCO4)c12. The van der Waals surface area contributed by atoms with Crippen LogP contribution >= 0.6 is 11.6 Å². The molecule has 9 heteroatoms. The molecule has 156 valence electrons. The Kier molecular flexibility index (Phi) is 4.71. The smallest absolute Gasteiger partial charge is 0.259 e. The van der Waals surface area contributed by atoms with Crippen LogP contribution in [0.5, 0.6) is 11.5 Å². The van der Waals surface area contributed by atoms with Crippen molar-refractivity contribution in [3.05, 3.63) is 64.6 Å². The van der Waals surface area contributed by atoms with Crippen LogP contribution in [0, 0.1) is 12.7 Å². The third-order valence-corrected chi connectivity index (χ3v) is 5.19. The molecule has 0 atom stereocenters. The molecular weight excluding hydrogens is 425 g/mol. The first-order valence-electron chi connectivity index (χ1n) is 9.43. The quantitative estimate of drug-likeness (QED) is 0.482. The Morgan fingerprint density at radius 2 is 1.81 bits per heavy atom. The second kappa shape index (κ2) is 7.55. The number of hydrogen-bond acceptors (Lipinski definition) is 6. The fourth-order valence-electron chi connectivity index (χ4n) is 3.39. The molecular formula is C22H15ClFN3O4. The number of halogens is 2. The molecule has 7 nitrogen and oxygen atoms in total. The summed E-state index contributed by atoms with van der Waals surface area (Å²) in [6, 6.07) is 10.6. The van der Waals surface area contributed by atoms with E-state index in [9.17, 15) is 9.18 Å². The molecule has 0 unspecified atom stereocenters. The number of ether oxygens (including phenoxy) is 2. The van der Waals surface area contributed by atoms with Crippen molar-refractivity contribution in [3.63, 3.8) is 0 Å². The van der Waals surface area contributed by atoms with E-state index in [0.29, 0.717) is 63.3 Å². The van der Waals surface area contributed by atoms with Crippen LogP contribution in [0.3, 0.4) is 0 Å². The molecule has 2 aromatic heterocycles. The maximum atomic E-state index is 13.3. The van der Waals surface area contributed by atoms with Crippen LogP contribution in [0.15, 0.2) is 47.0 Å². The minimum absolute atomic E-state index is 0.206. The number of fused-ring (bicyclic) bond motifs is 2. The molecule has 5 rings (SSSR count). The Balaban J connectivity index is 1.57. The number of aromatic nitrogens is 2. The summed E-state index contributed by atoms with van der Waals surface area (Å²) in [4.78, 5) is 17.7. The molecule has 0 saturated carbocycles. The third-order valence-electron chi connectivity index (χ3n) is 4.88. The standard InChI is InChI=1S/C22H15ClFN3O4/c1-11-20-14(8-16(26-22(20)31-27-11)12-2-4-13(24)5-3-12)21(28)25-17-10-19-18(9-15(17)23)29-6-7-30-19/h2-5,8-10H,6-7H2,1H3,(H,25,28). The van der Waals surface area contributed by atoms with E-state index < -0.39 is 5.91 Å². The third kappa shape index (κ3) is 3.55. The minimum atomic E-state index is -0.430. The van der Waals surface area contributed by atoms with Crippen LogP contribution in [0.1, 0.15) is 16.1 Å². The van der Waals surface area contributed by atoms with Crippen LogP contribution in [0.4, 0.5) is 10.1 Å². The Morgan fingerprint density at radius 3 is 2.55 bits per heavy atom. The molecule has 3 heterocycles. The summed E-state index contributed by atoms with van der Waals surface area (Å²) in [6.07, 6.45) is 0. The molecule has 0 spiro atoms. The van der Waals surface area contributed by atoms with Gasteiger partial charge in [-0.3, -0.25) is 4.79 Å². The molecule has 31 heavy (non-hydrogen) atoms. The van der Waals surface area contributed by atoms with E-state index in [2.05, 4.69) is 15.5 Å². The number of amides is 1. The van der Waals surface area contributed by atoms with Gasteiger partial charge in [-0.2, -0.15) is 0 Å². The number of aryl methyl sites for hydroxylation is 1. The number of carbonyl (C=O) groups is 1. The first-order chi connectivity index (χ1) is 15.0. The Morgan fingerprint density at radius 1 is 1.10 bits per heavy atom. The van der Waals surface area contributed by atoms with Gasteiger partial charge in [-0.15, -0.1) is 0 Å². The van der Waals surface area contributed by atoms with Crippen LogP contribution < -0.4 is 14.8 Å². The van der Waals surface area contributed by atoms with Gasteiger partial charge in [-0.1, -0.05) is 16.8 Å². The molecule has 1 N–H and O–H groups in total. The van der Waals surface area contributed by atoms with E-state index in [4.69, 9.17) is 25.6 Å². The highest BCUT2D eigenvalue weighted by Crippen LogP contribution is 2.38. The lowest BCUT2D eigenvalue weighted by molar-refractivity contribution is 0.102. The molecule has 0 bridgehead atoms. The molecule has 4 aromatic rings. The highest BCUT2D eigenvalue weighted by atomic mass is 35.5. The Labute approximate surface area is 180 Å². The number of nitrogens with zero attached hydrogens (tertiary/aromatic N) is 2. The van der Waals surface area contributed by atoms with Crippen molar-refractivity contribution < 1.29 is 23.2 Å². The Bertz CT molecular complexity index is 1320. The van der Waals surface area contributed by atoms with Crippen LogP contribution in [-0.2, 0) is 0 Å². The number of pyridine rings is 1. The predicted octanol–water partition coefficient (Wildman–Crippen LogP) is 5.01. The second-order valence-corrected chi connectivity index (χ2v) is 7.35. The largest absolute Gasteiger partial charge is 0.486 e. The molecule has 0 fully saturated rings. The zero-order valence-electron chi connectivity index (χ0n) is 16.2. The lowest BCUT2D eigenvalue weighted by Gasteiger charge is -2.20. The lowest BCUT2D eigenvalue weighted by Crippen LogP contribution is -2.17. The first-order valence-corrected chi connectivity index (χ1v) is 9.81. The fraction of sp³-hybridized carbons (Fsp3) is 0.136. The Hall–Kier alpha value is -3.65. The van der Waals surface area contributed by atoms with Crippen molar-refractivity contribution >= 4 is 34.3 Å². The van der Waals surface area contributed by atoms with E-state index in [0.717, 1.165) is 0 Å². The molecule has 0 radical (unpaired) electrons. The van der Waals surface area contributed by atoms with Gasteiger partial charge in [0.25, 0.3) is 11.6 Å². The highest BCUT2D eigenvalue weighted by Gasteiger charge is 2.22. The zero-order chi connectivity index (χ0) is 21.5. The van der Waals surface area contributed by atoms with Crippen molar-refractivity contribution in [3.8, 4) is 22.8 Å². The molecule has 0 saturated heterocycles. The van der Waals surface area contributed by atoms with Gasteiger partial charge in [0.2, 0.25) is 0 Å². The number of nitrogens with one attached hydrogen (secondary N) is 1. The van der Waals surface area contributed by atoms with Gasteiger partial charge in [-0.25, -0.2) is 9.37 Å². The second-order valence-electron chi connectivity index (χ2n) is 6.94. The van der Waals surface area contributed by atoms with Gasteiger partial charge in [-0.05, 0) is 37.3 Å². The van der Waals surface area contributed by atoms with Gasteiger partial charge >= 0.3 is 0 Å². The number of benzene rings is 2. The summed E-state index contributed by atoms with van der Waals surface area (Å²) in [5.41, 5.74) is 2.47. The van der Waals surface area contributed by atoms with E-state index in [1.54, 1.807) is 37.3 Å². The normalized spacial score (nSPS) is 12.7. The number of anilines is 1. The van der Waals surface area contributed by atoms with Crippen molar-refractivity contribution in [2.45, 2.75) is 6.92 Å². The number of rotatable bonds is 3. The van der Waals surface area contributed by atoms with E-state index in [1.165, 1.54) is 12.1 Å². The number of hydrogen-bond donors (Lipinski definition) is 1. The molecule has 0 aliphatic carbocycles. The van der Waals surface area contributed by atoms with Crippen LogP contribution in [0.2, 0.25) is 5.02 Å². The fourth-order valence-corrected chi connectivity index (χ4v) is 3.59. The summed E-state index contributed by atoms with van der Waals surface area (Å²) in [7, 11) is 0. The maximum absolute atomic E-state index is 13.3. The zero-order valence-corrected chi connectivity index (χ0v) is 17.0. The minimum Gasteiger partial charge on any atom is -0.486 e. The predicted molar refractivity (Wildman–Crippen MR) is 112 cm³/mol. The van der Waals surface area contributed by atoms with Crippen molar-refractivity contribution in [1.82, 2.24) is 10.1 Å². The van der Waals surface area contributed by atoms with E-state index in [1.807, 2.05) is 0 Å². The molecule has 1 aliphatic heterocycles. The summed E-state index contributed by atoms with van der Waals surface area (Å²) < 4.78 is 29.7. The van der Waals surface area contributed by atoms with Crippen LogP contribution in [0.25, 0.3) is 22.4 Å². The summed E-state index contributed by atoms with van der Waals surface area (Å²) in [5.74, 6) is 0.222. The monoisotopic (exact) mass is 439 g/mol. The van der Waals surface area contributed by atoms with Gasteiger partial charge in [0.05, 0.1) is 33.0 Å². The average Bonchev–Trinajstić information content (AvgIpc) is 3.15. The lowest BCUT2D eigenvalue weighted by atomic mass is 10.0. The van der Waals surface area contributed by atoms with Crippen molar-refractivity contribution in [2.75, 3.05) is 18.5 Å². The average molecular weight is 440 g/mol. The topological polar surface area (TPSA) is 86.5 Å². The summed E-state index contributed by atoms with van der Waals surface area (Å²) in [5, 5.41) is 7.53. The van der Waals surface area contributed by atoms with Gasteiger partial charge < -0.3 is 19.3 Å². The first kappa shape index (κ1) is 19.3. The van der Waals surface area contributed by atoms with Gasteiger partial charge in [0, 0.05) is 17.7 Å². The van der Waals surface area contributed by atoms with Crippen molar-refractivity contribution in [2.24, 2.45) is 0 Å². The van der Waals surface area contributed by atoms with E-state index in [-0.39, 0.29) is 11.5 Å². The summed E-state index contributed by atoms with van der Waals surface area (Å²) >= 11 is 6.33. The van der Waals surface area contributed by atoms with Crippen molar-refractivity contribution in [1.29, 1.82) is 0 Å². The van der Waals surface area contributed by atoms with Gasteiger partial charge in [0.1, 0.15) is 19.0 Å². The van der Waals surface area contributed by atoms with Crippen LogP contribution in [-0.4, -0.2) is 29.3 Å². The maximum Gasteiger partial charge on any atom is 0.259 e. The molecule has 2 aromatic carbocycles. The summed E-state index contributed by atoms with van der Waals surface area (Å²) in [6.45, 7) is 2.57. The molecule has 1 aliphatic rings.